The first-order valence-electron chi connectivity index (χ1n) is 4.40. The van der Waals surface area contributed by atoms with Gasteiger partial charge in [-0.15, -0.1) is 11.8 Å². The maximum absolute atomic E-state index is 3.39. The van der Waals surface area contributed by atoms with Crippen LogP contribution in [0.25, 0.3) is 0 Å². The molecule has 11 heavy (non-hydrogen) atoms. The maximum atomic E-state index is 3.39. The minimum Gasteiger partial charge on any atom is -0.287 e. The summed E-state index contributed by atoms with van der Waals surface area (Å²) in [6, 6.07) is 0. The highest BCUT2D eigenvalue weighted by atomic mass is 32.2. The molecule has 0 aromatic heterocycles. The fraction of sp³-hybridized carbons (Fsp3) is 0.875. The number of nitrogens with one attached hydrogen (secondary N) is 1. The first-order valence-corrected chi connectivity index (χ1v) is 5.45. The molecule has 1 radical (unpaired) electrons. The van der Waals surface area contributed by atoms with Gasteiger partial charge in [0.25, 0.3) is 0 Å². The van der Waals surface area contributed by atoms with Gasteiger partial charge in [-0.1, -0.05) is 6.42 Å². The molecule has 1 unspecified atom stereocenters. The molecule has 1 N–H and O–H groups in total. The largest absolute Gasteiger partial charge is 0.287 e. The van der Waals surface area contributed by atoms with E-state index in [1.807, 2.05) is 11.8 Å². The van der Waals surface area contributed by atoms with Gasteiger partial charge in [0.2, 0.25) is 0 Å². The van der Waals surface area contributed by atoms with Gasteiger partial charge in [0, 0.05) is 5.75 Å². The molecule has 0 aromatic carbocycles. The Bertz CT molecular complexity index is 117. The van der Waals surface area contributed by atoms with Crippen LogP contribution in [-0.2, 0) is 0 Å². The van der Waals surface area contributed by atoms with Crippen LogP contribution in [0.1, 0.15) is 19.3 Å². The quantitative estimate of drug-likeness (QED) is 0.639. The number of thioether (sulfide) groups is 1. The fourth-order valence-electron chi connectivity index (χ4n) is 1.75. The summed E-state index contributed by atoms with van der Waals surface area (Å²) in [4.78, 5) is 2.57. The summed E-state index contributed by atoms with van der Waals surface area (Å²) in [6.07, 6.45) is 4.85. The monoisotopic (exact) mass is 171 g/mol. The van der Waals surface area contributed by atoms with Crippen LogP contribution in [0.4, 0.5) is 0 Å². The topological polar surface area (TPSA) is 15.3 Å². The Morgan fingerprint density at radius 3 is 2.73 bits per heavy atom. The van der Waals surface area contributed by atoms with Crippen LogP contribution < -0.4 is 5.32 Å². The zero-order chi connectivity index (χ0) is 7.52. The van der Waals surface area contributed by atoms with Gasteiger partial charge in [0.1, 0.15) is 0 Å². The number of piperidine rings is 1. The highest BCUT2D eigenvalue weighted by Gasteiger charge is 2.23. The molecule has 2 nitrogen and oxygen atoms in total. The number of likely N-dealkylation sites (tertiary alicyclic amines) is 1. The molecule has 0 aromatic rings. The average Bonchev–Trinajstić information content (AvgIpc) is 2.58. The summed E-state index contributed by atoms with van der Waals surface area (Å²) in [5.41, 5.74) is 0. The van der Waals surface area contributed by atoms with Gasteiger partial charge < -0.3 is 0 Å². The van der Waals surface area contributed by atoms with Crippen molar-refractivity contribution < 1.29 is 0 Å². The lowest BCUT2D eigenvalue weighted by atomic mass is 10.1. The molecule has 0 bridgehead atoms. The molecule has 0 saturated carbocycles. The van der Waals surface area contributed by atoms with Crippen molar-refractivity contribution in [3.05, 3.63) is 5.88 Å². The molecular formula is C8H15N2S. The Balaban J connectivity index is 1.82. The Hall–Kier alpha value is 0.270. The van der Waals surface area contributed by atoms with E-state index in [1.54, 1.807) is 0 Å². The van der Waals surface area contributed by atoms with Gasteiger partial charge >= 0.3 is 0 Å². The summed E-state index contributed by atoms with van der Waals surface area (Å²) in [7, 11) is 0. The van der Waals surface area contributed by atoms with Crippen LogP contribution in [0.15, 0.2) is 0 Å². The molecule has 3 heteroatoms. The normalized spacial score (nSPS) is 34.4. The van der Waals surface area contributed by atoms with Crippen molar-refractivity contribution >= 4 is 11.8 Å². The van der Waals surface area contributed by atoms with Crippen LogP contribution in [0.3, 0.4) is 0 Å². The van der Waals surface area contributed by atoms with Crippen molar-refractivity contribution in [2.45, 2.75) is 25.4 Å². The third kappa shape index (κ3) is 1.89. The summed E-state index contributed by atoms with van der Waals surface area (Å²) in [5, 5.41) is 3.39. The lowest BCUT2D eigenvalue weighted by Crippen LogP contribution is -2.45. The molecule has 0 aliphatic carbocycles. The standard InChI is InChI=1S/C8H15N2S/c1-2-4-10(5-3-1)8-6-11-7-9-8/h7-9H,1-6H2. The predicted octanol–water partition coefficient (Wildman–Crippen LogP) is 1.25. The molecule has 2 rings (SSSR count). The van der Waals surface area contributed by atoms with Gasteiger partial charge in [-0.25, -0.2) is 0 Å². The van der Waals surface area contributed by atoms with Crippen molar-refractivity contribution in [2.24, 2.45) is 0 Å². The Morgan fingerprint density at radius 2 is 2.09 bits per heavy atom. The third-order valence-corrected chi connectivity index (χ3v) is 3.24. The second kappa shape index (κ2) is 3.78. The molecule has 2 aliphatic heterocycles. The molecule has 2 heterocycles. The SMILES string of the molecule is [CH]1NC(N2CCCCC2)CS1. The lowest BCUT2D eigenvalue weighted by molar-refractivity contribution is 0.165. The van der Waals surface area contributed by atoms with E-state index in [-0.39, 0.29) is 0 Å². The summed E-state index contributed by atoms with van der Waals surface area (Å²) in [5.74, 6) is 3.36. The third-order valence-electron chi connectivity index (χ3n) is 2.43. The smallest absolute Gasteiger partial charge is 0.0796 e. The minimum atomic E-state index is 0.639. The van der Waals surface area contributed by atoms with Crippen LogP contribution in [0.2, 0.25) is 0 Å². The van der Waals surface area contributed by atoms with E-state index in [1.165, 1.54) is 38.1 Å². The van der Waals surface area contributed by atoms with E-state index in [0.717, 1.165) is 0 Å². The second-order valence-corrected chi connectivity index (χ2v) is 4.13. The average molecular weight is 171 g/mol. The molecule has 2 aliphatic rings. The summed E-state index contributed by atoms with van der Waals surface area (Å²) >= 11 is 1.90. The zero-order valence-electron chi connectivity index (χ0n) is 6.75. The van der Waals surface area contributed by atoms with E-state index in [2.05, 4.69) is 16.1 Å². The van der Waals surface area contributed by atoms with Crippen LogP contribution in [0, 0.1) is 5.88 Å². The van der Waals surface area contributed by atoms with Crippen LogP contribution in [0.5, 0.6) is 0 Å². The van der Waals surface area contributed by atoms with Crippen molar-refractivity contribution in [3.8, 4) is 0 Å². The number of hydrogen-bond acceptors (Lipinski definition) is 3. The van der Waals surface area contributed by atoms with Crippen molar-refractivity contribution in [3.63, 3.8) is 0 Å². The number of nitrogens with zero attached hydrogens (tertiary/aromatic N) is 1. The van der Waals surface area contributed by atoms with E-state index in [4.69, 9.17) is 0 Å². The first kappa shape index (κ1) is 7.90. The van der Waals surface area contributed by atoms with Gasteiger partial charge in [-0.2, -0.15) is 0 Å². The van der Waals surface area contributed by atoms with Crippen molar-refractivity contribution in [2.75, 3.05) is 18.8 Å². The lowest BCUT2D eigenvalue weighted by Gasteiger charge is -2.31. The fourth-order valence-corrected chi connectivity index (χ4v) is 2.59. The Labute approximate surface area is 72.7 Å². The predicted molar refractivity (Wildman–Crippen MR) is 49.1 cm³/mol. The molecule has 0 amide bonds. The molecular weight excluding hydrogens is 156 g/mol. The minimum absolute atomic E-state index is 0.639. The number of hydrogen-bond donors (Lipinski definition) is 1. The first-order chi connectivity index (χ1) is 5.47. The highest BCUT2D eigenvalue weighted by Crippen LogP contribution is 2.20. The van der Waals surface area contributed by atoms with Crippen LogP contribution >= 0.6 is 11.8 Å². The van der Waals surface area contributed by atoms with Gasteiger partial charge in [-0.05, 0) is 25.9 Å². The molecule has 63 valence electrons. The summed E-state index contributed by atoms with van der Waals surface area (Å²) in [6.45, 7) is 2.60. The van der Waals surface area contributed by atoms with E-state index in [9.17, 15) is 0 Å². The van der Waals surface area contributed by atoms with Gasteiger partial charge in [-0.3, -0.25) is 10.2 Å². The van der Waals surface area contributed by atoms with E-state index >= 15 is 0 Å². The van der Waals surface area contributed by atoms with Crippen molar-refractivity contribution in [1.29, 1.82) is 0 Å². The summed E-state index contributed by atoms with van der Waals surface area (Å²) < 4.78 is 0. The van der Waals surface area contributed by atoms with E-state index in [0.29, 0.717) is 6.17 Å². The van der Waals surface area contributed by atoms with Gasteiger partial charge in [0.05, 0.1) is 12.0 Å². The highest BCUT2D eigenvalue weighted by molar-refractivity contribution is 8.01. The Kier molecular flexibility index (Phi) is 2.72. The Morgan fingerprint density at radius 1 is 1.27 bits per heavy atom. The van der Waals surface area contributed by atoms with E-state index < -0.39 is 0 Å². The maximum Gasteiger partial charge on any atom is 0.0796 e. The second-order valence-electron chi connectivity index (χ2n) is 3.23. The van der Waals surface area contributed by atoms with Crippen molar-refractivity contribution in [1.82, 2.24) is 10.2 Å². The number of rotatable bonds is 1. The molecule has 2 fully saturated rings. The molecule has 2 saturated heterocycles. The van der Waals surface area contributed by atoms with Crippen LogP contribution in [-0.4, -0.2) is 29.9 Å². The zero-order valence-corrected chi connectivity index (χ0v) is 7.57. The molecule has 0 spiro atoms. The molecule has 1 atom stereocenters. The van der Waals surface area contributed by atoms with Gasteiger partial charge in [0.15, 0.2) is 0 Å².